The molecule has 1 atom stereocenters. The predicted octanol–water partition coefficient (Wildman–Crippen LogP) is 2.13. The molecule has 0 radical (unpaired) electrons. The van der Waals surface area contributed by atoms with Gasteiger partial charge in [0.2, 0.25) is 0 Å². The van der Waals surface area contributed by atoms with Gasteiger partial charge >= 0.3 is 5.97 Å². The van der Waals surface area contributed by atoms with Crippen LogP contribution >= 0.6 is 0 Å². The molecule has 1 fully saturated rings. The number of aromatic nitrogens is 3. The number of nitrogens with zero attached hydrogens (tertiary/aromatic N) is 3. The topological polar surface area (TPSA) is 82.1 Å². The Hall–Kier alpha value is -2.21. The van der Waals surface area contributed by atoms with E-state index in [-0.39, 0.29) is 6.42 Å². The van der Waals surface area contributed by atoms with E-state index in [0.29, 0.717) is 12.5 Å². The summed E-state index contributed by atoms with van der Waals surface area (Å²) in [5.41, 5.74) is 1.00. The maximum atomic E-state index is 10.7. The quantitative estimate of drug-likeness (QED) is 0.884. The number of hydrogen-bond donors (Lipinski definition) is 2. The zero-order chi connectivity index (χ0) is 15.4. The molecule has 1 unspecified atom stereocenters. The van der Waals surface area contributed by atoms with Crippen molar-refractivity contribution >= 4 is 5.97 Å². The van der Waals surface area contributed by atoms with Gasteiger partial charge in [0.1, 0.15) is 5.82 Å². The van der Waals surface area contributed by atoms with Crippen molar-refractivity contribution in [2.45, 2.75) is 25.2 Å². The van der Waals surface area contributed by atoms with Crippen molar-refractivity contribution in [1.29, 1.82) is 0 Å². The Bertz CT molecular complexity index is 626. The summed E-state index contributed by atoms with van der Waals surface area (Å²) in [5, 5.41) is 16.2. The molecule has 6 heteroatoms. The normalized spacial score (nSPS) is 19.2. The van der Waals surface area contributed by atoms with Crippen LogP contribution in [0.4, 0.5) is 0 Å². The summed E-state index contributed by atoms with van der Waals surface area (Å²) >= 11 is 0. The summed E-state index contributed by atoms with van der Waals surface area (Å²) in [6.45, 7) is 2.41. The van der Waals surface area contributed by atoms with Crippen molar-refractivity contribution in [3.05, 3.63) is 36.2 Å². The van der Waals surface area contributed by atoms with Crippen LogP contribution in [0.5, 0.6) is 0 Å². The minimum atomic E-state index is -0.742. The van der Waals surface area contributed by atoms with E-state index in [0.717, 1.165) is 43.1 Å². The summed E-state index contributed by atoms with van der Waals surface area (Å²) in [6, 6.07) is 9.90. The van der Waals surface area contributed by atoms with Crippen LogP contribution in [-0.4, -0.2) is 50.8 Å². The summed E-state index contributed by atoms with van der Waals surface area (Å²) in [4.78, 5) is 17.5. The molecule has 2 heterocycles. The zero-order valence-electron chi connectivity index (χ0n) is 12.4. The van der Waals surface area contributed by atoms with E-state index in [1.165, 1.54) is 0 Å². The fourth-order valence-electron chi connectivity index (χ4n) is 2.91. The second kappa shape index (κ2) is 6.70. The Balaban J connectivity index is 1.66. The molecular weight excluding hydrogens is 280 g/mol. The van der Waals surface area contributed by atoms with Crippen LogP contribution in [0, 0.1) is 0 Å². The third-order valence-corrected chi connectivity index (χ3v) is 4.07. The summed E-state index contributed by atoms with van der Waals surface area (Å²) in [7, 11) is 0. The van der Waals surface area contributed by atoms with E-state index in [4.69, 9.17) is 5.11 Å². The SMILES string of the molecule is O=C(O)CCN1CCCC(c2nc(-c3ccccc3)n[nH]2)C1. The first-order chi connectivity index (χ1) is 10.7. The molecule has 1 aromatic carbocycles. The van der Waals surface area contributed by atoms with Gasteiger partial charge in [0.15, 0.2) is 5.82 Å². The molecule has 3 rings (SSSR count). The van der Waals surface area contributed by atoms with E-state index in [9.17, 15) is 4.79 Å². The molecule has 0 amide bonds. The molecule has 1 aliphatic rings. The Morgan fingerprint density at radius 3 is 2.95 bits per heavy atom. The molecule has 6 nitrogen and oxygen atoms in total. The van der Waals surface area contributed by atoms with Gasteiger partial charge in [-0.15, -0.1) is 0 Å². The molecule has 1 aliphatic heterocycles. The molecule has 22 heavy (non-hydrogen) atoms. The molecule has 1 saturated heterocycles. The van der Waals surface area contributed by atoms with Gasteiger partial charge in [-0.1, -0.05) is 30.3 Å². The number of carboxylic acids is 1. The standard InChI is InChI=1S/C16H20N4O2/c21-14(22)8-10-20-9-4-7-13(11-20)16-17-15(18-19-16)12-5-2-1-3-6-12/h1-3,5-6,13H,4,7-11H2,(H,21,22)(H,17,18,19). The lowest BCUT2D eigenvalue weighted by molar-refractivity contribution is -0.137. The third-order valence-electron chi connectivity index (χ3n) is 4.07. The monoisotopic (exact) mass is 300 g/mol. The highest BCUT2D eigenvalue weighted by Gasteiger charge is 2.24. The minimum absolute atomic E-state index is 0.193. The summed E-state index contributed by atoms with van der Waals surface area (Å²) in [5.74, 6) is 1.18. The Kier molecular flexibility index (Phi) is 4.48. The van der Waals surface area contributed by atoms with E-state index < -0.39 is 5.97 Å². The maximum absolute atomic E-state index is 10.7. The lowest BCUT2D eigenvalue weighted by Crippen LogP contribution is -2.36. The number of hydrogen-bond acceptors (Lipinski definition) is 4. The molecule has 0 saturated carbocycles. The molecule has 2 N–H and O–H groups in total. The lowest BCUT2D eigenvalue weighted by Gasteiger charge is -2.31. The Morgan fingerprint density at radius 2 is 2.18 bits per heavy atom. The van der Waals surface area contributed by atoms with Crippen LogP contribution in [-0.2, 0) is 4.79 Å². The smallest absolute Gasteiger partial charge is 0.304 e. The number of aliphatic carboxylic acids is 1. The highest BCUT2D eigenvalue weighted by Crippen LogP contribution is 2.26. The molecular formula is C16H20N4O2. The van der Waals surface area contributed by atoms with Gasteiger partial charge in [0.25, 0.3) is 0 Å². The van der Waals surface area contributed by atoms with Crippen LogP contribution in [0.1, 0.15) is 31.0 Å². The summed E-state index contributed by atoms with van der Waals surface area (Å²) < 4.78 is 0. The number of carbonyl (C=O) groups is 1. The molecule has 1 aromatic heterocycles. The first-order valence-electron chi connectivity index (χ1n) is 7.64. The van der Waals surface area contributed by atoms with Gasteiger partial charge in [-0.25, -0.2) is 4.98 Å². The highest BCUT2D eigenvalue weighted by atomic mass is 16.4. The average molecular weight is 300 g/mol. The number of carboxylic acid groups (broad SMARTS) is 1. The number of benzene rings is 1. The van der Waals surface area contributed by atoms with Crippen molar-refractivity contribution in [3.8, 4) is 11.4 Å². The maximum Gasteiger partial charge on any atom is 0.304 e. The van der Waals surface area contributed by atoms with E-state index in [2.05, 4.69) is 20.1 Å². The third kappa shape index (κ3) is 3.51. The molecule has 0 spiro atoms. The second-order valence-corrected chi connectivity index (χ2v) is 5.69. The van der Waals surface area contributed by atoms with Gasteiger partial charge < -0.3 is 10.0 Å². The van der Waals surface area contributed by atoms with Crippen LogP contribution in [0.15, 0.2) is 30.3 Å². The number of aromatic amines is 1. The fraction of sp³-hybridized carbons (Fsp3) is 0.438. The fourth-order valence-corrected chi connectivity index (χ4v) is 2.91. The summed E-state index contributed by atoms with van der Waals surface area (Å²) in [6.07, 6.45) is 2.32. The lowest BCUT2D eigenvalue weighted by atomic mass is 9.97. The number of likely N-dealkylation sites (tertiary alicyclic amines) is 1. The average Bonchev–Trinajstić information content (AvgIpc) is 3.04. The Labute approximate surface area is 129 Å². The molecule has 0 aliphatic carbocycles. The number of nitrogens with one attached hydrogen (secondary N) is 1. The van der Waals surface area contributed by atoms with Crippen LogP contribution in [0.3, 0.4) is 0 Å². The molecule has 0 bridgehead atoms. The van der Waals surface area contributed by atoms with Crippen LogP contribution in [0.2, 0.25) is 0 Å². The zero-order valence-corrected chi connectivity index (χ0v) is 12.4. The minimum Gasteiger partial charge on any atom is -0.481 e. The van der Waals surface area contributed by atoms with Crippen molar-refractivity contribution in [2.24, 2.45) is 0 Å². The van der Waals surface area contributed by atoms with Gasteiger partial charge in [-0.3, -0.25) is 9.89 Å². The first-order valence-corrected chi connectivity index (χ1v) is 7.64. The Morgan fingerprint density at radius 1 is 1.36 bits per heavy atom. The van der Waals surface area contributed by atoms with Gasteiger partial charge in [-0.2, -0.15) is 5.10 Å². The van der Waals surface area contributed by atoms with Crippen molar-refractivity contribution in [2.75, 3.05) is 19.6 Å². The molecule has 2 aromatic rings. The number of piperidine rings is 1. The van der Waals surface area contributed by atoms with Crippen molar-refractivity contribution in [3.63, 3.8) is 0 Å². The van der Waals surface area contributed by atoms with E-state index in [1.54, 1.807) is 0 Å². The van der Waals surface area contributed by atoms with E-state index >= 15 is 0 Å². The van der Waals surface area contributed by atoms with Gasteiger partial charge in [-0.05, 0) is 19.4 Å². The van der Waals surface area contributed by atoms with Gasteiger partial charge in [0.05, 0.1) is 6.42 Å². The van der Waals surface area contributed by atoms with E-state index in [1.807, 2.05) is 30.3 Å². The highest BCUT2D eigenvalue weighted by molar-refractivity contribution is 5.66. The van der Waals surface area contributed by atoms with Crippen LogP contribution < -0.4 is 0 Å². The first kappa shape index (κ1) is 14.7. The van der Waals surface area contributed by atoms with Gasteiger partial charge in [0, 0.05) is 24.6 Å². The predicted molar refractivity (Wildman–Crippen MR) is 82.5 cm³/mol. The second-order valence-electron chi connectivity index (χ2n) is 5.69. The number of H-pyrrole nitrogens is 1. The number of rotatable bonds is 5. The van der Waals surface area contributed by atoms with Crippen molar-refractivity contribution < 1.29 is 9.90 Å². The largest absolute Gasteiger partial charge is 0.481 e. The molecule has 116 valence electrons. The van der Waals surface area contributed by atoms with Crippen LogP contribution in [0.25, 0.3) is 11.4 Å². The van der Waals surface area contributed by atoms with Crippen molar-refractivity contribution in [1.82, 2.24) is 20.1 Å².